The third-order valence-electron chi connectivity index (χ3n) is 7.21. The van der Waals surface area contributed by atoms with E-state index in [1.807, 2.05) is 0 Å². The Labute approximate surface area is 198 Å². The number of hydrogen-bond acceptors (Lipinski definition) is 3. The average Bonchev–Trinajstić information content (AvgIpc) is 3.63. The van der Waals surface area contributed by atoms with E-state index in [2.05, 4.69) is 0 Å². The Morgan fingerprint density at radius 2 is 1.76 bits per heavy atom. The minimum Gasteiger partial charge on any atom is -0.497 e. The molecule has 2 aliphatic carbocycles. The zero-order valence-electron chi connectivity index (χ0n) is 19.6. The number of hydrogen-bond donors (Lipinski definition) is 1. The van der Waals surface area contributed by atoms with Gasteiger partial charge in [0.05, 0.1) is 19.6 Å². The molecular formula is C26H32F3O4P. The van der Waals surface area contributed by atoms with Gasteiger partial charge in [0.2, 0.25) is 0 Å². The second-order valence-corrected chi connectivity index (χ2v) is 12.1. The number of halogens is 3. The molecule has 1 N–H and O–H groups in total. The number of alkyl halides is 2. The summed E-state index contributed by atoms with van der Waals surface area (Å²) in [7, 11) is -3.04. The molecule has 2 atom stereocenters. The van der Waals surface area contributed by atoms with E-state index in [1.54, 1.807) is 43.5 Å². The van der Waals surface area contributed by atoms with Gasteiger partial charge in [0.15, 0.2) is 0 Å². The van der Waals surface area contributed by atoms with Crippen molar-refractivity contribution in [1.82, 2.24) is 0 Å². The van der Waals surface area contributed by atoms with E-state index in [1.165, 1.54) is 6.07 Å². The van der Waals surface area contributed by atoms with Crippen LogP contribution in [-0.4, -0.2) is 30.9 Å². The molecule has 2 aromatic rings. The third kappa shape index (κ3) is 5.46. The van der Waals surface area contributed by atoms with Gasteiger partial charge in [-0.2, -0.15) is 8.78 Å². The minimum absolute atomic E-state index is 0.138. The van der Waals surface area contributed by atoms with Crippen LogP contribution in [0.1, 0.15) is 61.5 Å². The van der Waals surface area contributed by atoms with E-state index >= 15 is 0 Å². The number of ether oxygens (including phenoxy) is 2. The molecule has 8 heteroatoms. The van der Waals surface area contributed by atoms with Crippen LogP contribution in [0.5, 0.6) is 11.5 Å². The fourth-order valence-corrected chi connectivity index (χ4v) is 5.93. The minimum atomic E-state index is -4.61. The van der Waals surface area contributed by atoms with E-state index in [4.69, 9.17) is 9.47 Å². The lowest BCUT2D eigenvalue weighted by Gasteiger charge is -2.30. The van der Waals surface area contributed by atoms with Crippen molar-refractivity contribution in [2.75, 3.05) is 20.4 Å². The summed E-state index contributed by atoms with van der Waals surface area (Å²) < 4.78 is 67.1. The van der Waals surface area contributed by atoms with Crippen LogP contribution in [0.25, 0.3) is 0 Å². The molecule has 0 amide bonds. The largest absolute Gasteiger partial charge is 0.497 e. The highest BCUT2D eigenvalue weighted by atomic mass is 31.2. The lowest BCUT2D eigenvalue weighted by molar-refractivity contribution is 0.0388. The number of methoxy groups -OCH3 is 1. The maximum atomic E-state index is 14.8. The van der Waals surface area contributed by atoms with Gasteiger partial charge < -0.3 is 14.4 Å². The summed E-state index contributed by atoms with van der Waals surface area (Å²) in [6.07, 6.45) is 4.71. The summed E-state index contributed by atoms with van der Waals surface area (Å²) in [5.74, 6) is -0.218. The normalized spacial score (nSPS) is 23.7. The lowest BCUT2D eigenvalue weighted by atomic mass is 9.79. The van der Waals surface area contributed by atoms with E-state index in [0.717, 1.165) is 32.3 Å². The van der Waals surface area contributed by atoms with Crippen LogP contribution >= 0.6 is 7.37 Å². The zero-order valence-corrected chi connectivity index (χ0v) is 20.4. The molecule has 2 aromatic carbocycles. The monoisotopic (exact) mass is 496 g/mol. The molecular weight excluding hydrogens is 464 g/mol. The molecule has 1 unspecified atom stereocenters. The zero-order chi connectivity index (χ0) is 24.5. The van der Waals surface area contributed by atoms with Gasteiger partial charge in [0, 0.05) is 6.66 Å². The van der Waals surface area contributed by atoms with Crippen molar-refractivity contribution >= 4 is 7.37 Å². The second-order valence-electron chi connectivity index (χ2n) is 9.77. The first kappa shape index (κ1) is 25.1. The first-order valence-corrected chi connectivity index (χ1v) is 13.9. The van der Waals surface area contributed by atoms with Crippen molar-refractivity contribution in [3.05, 3.63) is 59.4 Å². The predicted octanol–water partition coefficient (Wildman–Crippen LogP) is 7.17. The van der Waals surface area contributed by atoms with Crippen molar-refractivity contribution < 1.29 is 32.1 Å². The Balaban J connectivity index is 1.37. The highest BCUT2D eigenvalue weighted by Crippen LogP contribution is 2.65. The standard InChI is InChI=1S/C26H32F3O4P/c1-32-21-12-13-24(27)23(15-21)18-8-6-17(7-9-18)16-33-22-5-3-4-20(14-22)25(19-10-11-19)26(28,29)34(2,30)31/h3-5,12-15,17-19,25H,6-11,16H2,1-2H3,(H,30,31)/t17-,18-,25-/m0/s1. The average molecular weight is 497 g/mol. The Morgan fingerprint density at radius 3 is 2.38 bits per heavy atom. The molecule has 34 heavy (non-hydrogen) atoms. The Bertz CT molecular complexity index is 1040. The van der Waals surface area contributed by atoms with Gasteiger partial charge in [-0.1, -0.05) is 12.1 Å². The topological polar surface area (TPSA) is 55.8 Å². The van der Waals surface area contributed by atoms with Crippen LogP contribution < -0.4 is 9.47 Å². The molecule has 0 aliphatic heterocycles. The van der Waals surface area contributed by atoms with E-state index in [0.29, 0.717) is 48.0 Å². The fourth-order valence-electron chi connectivity index (χ4n) is 5.06. The molecule has 0 saturated heterocycles. The molecule has 0 aromatic heterocycles. The summed E-state index contributed by atoms with van der Waals surface area (Å²) >= 11 is 0. The molecule has 0 heterocycles. The van der Waals surface area contributed by atoms with Crippen LogP contribution in [0.2, 0.25) is 0 Å². The summed E-state index contributed by atoms with van der Waals surface area (Å²) in [5.41, 5.74) is -2.64. The van der Waals surface area contributed by atoms with Crippen LogP contribution in [-0.2, 0) is 4.57 Å². The highest BCUT2D eigenvalue weighted by Gasteiger charge is 2.57. The van der Waals surface area contributed by atoms with Gasteiger partial charge in [-0.05, 0) is 97.7 Å². The van der Waals surface area contributed by atoms with E-state index < -0.39 is 19.0 Å². The van der Waals surface area contributed by atoms with Crippen molar-refractivity contribution in [1.29, 1.82) is 0 Å². The molecule has 4 nitrogen and oxygen atoms in total. The number of benzene rings is 2. The van der Waals surface area contributed by atoms with Crippen molar-refractivity contribution in [2.45, 2.75) is 56.0 Å². The van der Waals surface area contributed by atoms with Crippen LogP contribution in [0, 0.1) is 17.7 Å². The first-order valence-electron chi connectivity index (χ1n) is 11.8. The Morgan fingerprint density at radius 1 is 1.06 bits per heavy atom. The predicted molar refractivity (Wildman–Crippen MR) is 126 cm³/mol. The Hall–Kier alpha value is -1.98. The quantitative estimate of drug-likeness (QED) is 0.374. The summed E-state index contributed by atoms with van der Waals surface area (Å²) in [4.78, 5) is 9.69. The van der Waals surface area contributed by atoms with E-state index in [9.17, 15) is 22.6 Å². The van der Waals surface area contributed by atoms with Crippen molar-refractivity contribution in [3.63, 3.8) is 0 Å². The van der Waals surface area contributed by atoms with Gasteiger partial charge in [-0.3, -0.25) is 4.57 Å². The van der Waals surface area contributed by atoms with Gasteiger partial charge in [0.25, 0.3) is 7.37 Å². The molecule has 0 radical (unpaired) electrons. The van der Waals surface area contributed by atoms with E-state index in [-0.39, 0.29) is 17.7 Å². The van der Waals surface area contributed by atoms with Gasteiger partial charge in [-0.25, -0.2) is 4.39 Å². The van der Waals surface area contributed by atoms with Crippen LogP contribution in [0.15, 0.2) is 42.5 Å². The van der Waals surface area contributed by atoms with Gasteiger partial charge in [-0.15, -0.1) is 0 Å². The SMILES string of the molecule is COc1ccc(F)c([C@H]2CC[C@H](COc3cccc([C@H](C4CC4)C(F)(F)P(C)(=O)O)c3)CC2)c1. The van der Waals surface area contributed by atoms with Crippen LogP contribution in [0.3, 0.4) is 0 Å². The third-order valence-corrected chi connectivity index (χ3v) is 8.60. The maximum absolute atomic E-state index is 14.8. The molecule has 2 fully saturated rings. The summed E-state index contributed by atoms with van der Waals surface area (Å²) in [6, 6.07) is 11.4. The summed E-state index contributed by atoms with van der Waals surface area (Å²) in [6.45, 7) is 1.18. The molecule has 2 aliphatic rings. The van der Waals surface area contributed by atoms with Crippen molar-refractivity contribution in [2.24, 2.45) is 11.8 Å². The molecule has 186 valence electrons. The molecule has 4 rings (SSSR count). The first-order chi connectivity index (χ1) is 16.1. The van der Waals surface area contributed by atoms with Gasteiger partial charge >= 0.3 is 5.66 Å². The molecule has 0 spiro atoms. The molecule has 0 bridgehead atoms. The number of rotatable bonds is 9. The highest BCUT2D eigenvalue weighted by molar-refractivity contribution is 7.58. The van der Waals surface area contributed by atoms with Gasteiger partial charge in [0.1, 0.15) is 17.3 Å². The van der Waals surface area contributed by atoms with Crippen molar-refractivity contribution in [3.8, 4) is 11.5 Å². The lowest BCUT2D eigenvalue weighted by Crippen LogP contribution is -2.28. The fraction of sp³-hybridized carbons (Fsp3) is 0.538. The Kier molecular flexibility index (Phi) is 7.35. The maximum Gasteiger partial charge on any atom is 0.328 e. The second kappa shape index (κ2) is 9.94. The smallest absolute Gasteiger partial charge is 0.328 e. The molecule has 2 saturated carbocycles. The summed E-state index contributed by atoms with van der Waals surface area (Å²) in [5, 5.41) is 0. The van der Waals surface area contributed by atoms with Crippen LogP contribution in [0.4, 0.5) is 13.2 Å².